The number of hydrogen-bond donors (Lipinski definition) is 1. The smallest absolute Gasteiger partial charge is 0.266 e. The van der Waals surface area contributed by atoms with Crippen LogP contribution < -0.4 is 10.1 Å². The molecule has 2 heterocycles. The molecule has 9 heteroatoms. The highest BCUT2D eigenvalue weighted by molar-refractivity contribution is 7.15. The molecule has 4 rings (SSSR count). The van der Waals surface area contributed by atoms with Gasteiger partial charge in [-0.25, -0.2) is 0 Å². The zero-order valence-electron chi connectivity index (χ0n) is 17.9. The van der Waals surface area contributed by atoms with Gasteiger partial charge in [0.1, 0.15) is 10.8 Å². The SMILES string of the molecule is CC(Oc1ccc(C(C)C)cc1)C(=O)Nc1nnc(CN2C(=O)c3ccccc3C2=O)s1. The number of ether oxygens (including phenoxy) is 1. The molecule has 0 aliphatic carbocycles. The summed E-state index contributed by atoms with van der Waals surface area (Å²) in [4.78, 5) is 38.6. The largest absolute Gasteiger partial charge is 0.481 e. The van der Waals surface area contributed by atoms with E-state index in [1.165, 1.54) is 5.56 Å². The fourth-order valence-electron chi connectivity index (χ4n) is 3.28. The molecule has 164 valence electrons. The summed E-state index contributed by atoms with van der Waals surface area (Å²) in [6.45, 7) is 5.85. The van der Waals surface area contributed by atoms with E-state index < -0.39 is 6.10 Å². The van der Waals surface area contributed by atoms with Crippen LogP contribution in [0.5, 0.6) is 5.75 Å². The van der Waals surface area contributed by atoms with Crippen molar-refractivity contribution in [1.82, 2.24) is 15.1 Å². The Morgan fingerprint density at radius 3 is 2.22 bits per heavy atom. The molecule has 1 aliphatic heterocycles. The minimum Gasteiger partial charge on any atom is -0.481 e. The van der Waals surface area contributed by atoms with Crippen LogP contribution in [-0.4, -0.2) is 38.9 Å². The molecule has 1 aliphatic rings. The molecular formula is C23H22N4O4S. The predicted molar refractivity (Wildman–Crippen MR) is 120 cm³/mol. The second kappa shape index (κ2) is 8.88. The van der Waals surface area contributed by atoms with Crippen molar-refractivity contribution in [2.24, 2.45) is 0 Å². The lowest BCUT2D eigenvalue weighted by Crippen LogP contribution is -2.30. The van der Waals surface area contributed by atoms with Gasteiger partial charge in [0.05, 0.1) is 17.7 Å². The van der Waals surface area contributed by atoms with E-state index in [-0.39, 0.29) is 29.4 Å². The Balaban J connectivity index is 1.35. The number of imide groups is 1. The second-order valence-corrected chi connectivity index (χ2v) is 8.78. The number of nitrogens with zero attached hydrogens (tertiary/aromatic N) is 3. The number of nitrogens with one attached hydrogen (secondary N) is 1. The molecule has 0 bridgehead atoms. The molecule has 3 aromatic rings. The van der Waals surface area contributed by atoms with Crippen LogP contribution in [-0.2, 0) is 11.3 Å². The summed E-state index contributed by atoms with van der Waals surface area (Å²) in [5.74, 6) is -0.0903. The maximum Gasteiger partial charge on any atom is 0.266 e. The molecule has 0 fully saturated rings. The molecule has 3 amide bonds. The summed E-state index contributed by atoms with van der Waals surface area (Å²) in [5, 5.41) is 11.3. The van der Waals surface area contributed by atoms with Crippen molar-refractivity contribution in [3.63, 3.8) is 0 Å². The third-order valence-corrected chi connectivity index (χ3v) is 5.92. The maximum atomic E-state index is 12.5. The third-order valence-electron chi connectivity index (χ3n) is 5.10. The molecule has 1 aromatic heterocycles. The summed E-state index contributed by atoms with van der Waals surface area (Å²) >= 11 is 1.10. The summed E-state index contributed by atoms with van der Waals surface area (Å²) < 4.78 is 5.71. The molecule has 1 unspecified atom stereocenters. The van der Waals surface area contributed by atoms with Crippen LogP contribution in [0.3, 0.4) is 0 Å². The van der Waals surface area contributed by atoms with Gasteiger partial charge in [-0.1, -0.05) is 49.4 Å². The van der Waals surface area contributed by atoms with Crippen LogP contribution in [0.1, 0.15) is 58.0 Å². The molecule has 2 aromatic carbocycles. The number of hydrogen-bond acceptors (Lipinski definition) is 7. The molecule has 0 saturated carbocycles. The Morgan fingerprint density at radius 1 is 1.00 bits per heavy atom. The number of anilines is 1. The Labute approximate surface area is 189 Å². The van der Waals surface area contributed by atoms with Gasteiger partial charge in [-0.15, -0.1) is 10.2 Å². The van der Waals surface area contributed by atoms with Crippen LogP contribution in [0.15, 0.2) is 48.5 Å². The Morgan fingerprint density at radius 2 is 1.62 bits per heavy atom. The Bertz CT molecular complexity index is 1140. The van der Waals surface area contributed by atoms with Crippen molar-refractivity contribution in [3.05, 3.63) is 70.2 Å². The summed E-state index contributed by atoms with van der Waals surface area (Å²) in [7, 11) is 0. The van der Waals surface area contributed by atoms with Gasteiger partial charge in [0.25, 0.3) is 17.7 Å². The fourth-order valence-corrected chi connectivity index (χ4v) is 4.01. The quantitative estimate of drug-likeness (QED) is 0.549. The number of benzene rings is 2. The van der Waals surface area contributed by atoms with Crippen molar-refractivity contribution in [2.75, 3.05) is 5.32 Å². The molecule has 0 saturated heterocycles. The van der Waals surface area contributed by atoms with Crippen LogP contribution >= 0.6 is 11.3 Å². The molecule has 0 radical (unpaired) electrons. The van der Waals surface area contributed by atoms with Crippen LogP contribution in [0, 0.1) is 0 Å². The van der Waals surface area contributed by atoms with E-state index in [4.69, 9.17) is 4.74 Å². The average Bonchev–Trinajstić information content (AvgIpc) is 3.32. The number of amides is 3. The Kier molecular flexibility index (Phi) is 6.00. The minimum absolute atomic E-state index is 0.00582. The van der Waals surface area contributed by atoms with E-state index in [0.717, 1.165) is 16.2 Å². The van der Waals surface area contributed by atoms with Crippen molar-refractivity contribution >= 4 is 34.2 Å². The molecule has 32 heavy (non-hydrogen) atoms. The predicted octanol–water partition coefficient (Wildman–Crippen LogP) is 3.86. The molecule has 1 N–H and O–H groups in total. The van der Waals surface area contributed by atoms with Gasteiger partial charge in [0, 0.05) is 0 Å². The monoisotopic (exact) mass is 450 g/mol. The number of carbonyl (C=O) groups is 3. The average molecular weight is 451 g/mol. The number of rotatable bonds is 7. The van der Waals surface area contributed by atoms with Gasteiger partial charge in [0.2, 0.25) is 5.13 Å². The van der Waals surface area contributed by atoms with Gasteiger partial charge in [-0.3, -0.25) is 24.6 Å². The molecular weight excluding hydrogens is 428 g/mol. The normalized spacial score (nSPS) is 13.9. The lowest BCUT2D eigenvalue weighted by atomic mass is 10.0. The first-order valence-electron chi connectivity index (χ1n) is 10.2. The molecule has 0 spiro atoms. The Hall–Kier alpha value is -3.59. The van der Waals surface area contributed by atoms with Crippen molar-refractivity contribution < 1.29 is 19.1 Å². The highest BCUT2D eigenvalue weighted by Gasteiger charge is 2.35. The zero-order chi connectivity index (χ0) is 22.8. The van der Waals surface area contributed by atoms with Crippen molar-refractivity contribution in [2.45, 2.75) is 39.3 Å². The first kappa shape index (κ1) is 21.6. The van der Waals surface area contributed by atoms with Gasteiger partial charge < -0.3 is 4.74 Å². The zero-order valence-corrected chi connectivity index (χ0v) is 18.7. The number of fused-ring (bicyclic) bond motifs is 1. The van der Waals surface area contributed by atoms with Gasteiger partial charge in [0.15, 0.2) is 6.10 Å². The van der Waals surface area contributed by atoms with E-state index in [1.54, 1.807) is 31.2 Å². The fraction of sp³-hybridized carbons (Fsp3) is 0.261. The van der Waals surface area contributed by atoms with Gasteiger partial charge >= 0.3 is 0 Å². The lowest BCUT2D eigenvalue weighted by Gasteiger charge is -2.14. The minimum atomic E-state index is -0.747. The first-order chi connectivity index (χ1) is 15.3. The summed E-state index contributed by atoms with van der Waals surface area (Å²) in [5.41, 5.74) is 1.94. The second-order valence-electron chi connectivity index (χ2n) is 7.72. The first-order valence-corrected chi connectivity index (χ1v) is 11.0. The third kappa shape index (κ3) is 4.38. The number of carbonyl (C=O) groups excluding carboxylic acids is 3. The highest BCUT2D eigenvalue weighted by atomic mass is 32.1. The van der Waals surface area contributed by atoms with E-state index in [2.05, 4.69) is 29.4 Å². The number of aromatic nitrogens is 2. The van der Waals surface area contributed by atoms with E-state index in [1.807, 2.05) is 24.3 Å². The van der Waals surface area contributed by atoms with Crippen LogP contribution in [0.4, 0.5) is 5.13 Å². The standard InChI is InChI=1S/C23H22N4O4S/c1-13(2)15-8-10-16(11-9-15)31-14(3)20(28)24-23-26-25-19(32-23)12-27-21(29)17-6-4-5-7-18(17)22(27)30/h4-11,13-14H,12H2,1-3H3,(H,24,26,28). The van der Waals surface area contributed by atoms with Crippen LogP contribution in [0.2, 0.25) is 0 Å². The van der Waals surface area contributed by atoms with Crippen molar-refractivity contribution in [1.29, 1.82) is 0 Å². The van der Waals surface area contributed by atoms with Gasteiger partial charge in [-0.2, -0.15) is 0 Å². The lowest BCUT2D eigenvalue weighted by molar-refractivity contribution is -0.122. The van der Waals surface area contributed by atoms with Gasteiger partial charge in [-0.05, 0) is 42.7 Å². The molecule has 1 atom stereocenters. The topological polar surface area (TPSA) is 101 Å². The molecule has 8 nitrogen and oxygen atoms in total. The maximum absolute atomic E-state index is 12.5. The summed E-state index contributed by atoms with van der Waals surface area (Å²) in [6.07, 6.45) is -0.747. The van der Waals surface area contributed by atoms with Crippen molar-refractivity contribution in [3.8, 4) is 5.75 Å². The van der Waals surface area contributed by atoms with E-state index in [0.29, 0.717) is 27.8 Å². The van der Waals surface area contributed by atoms with Crippen LogP contribution in [0.25, 0.3) is 0 Å². The summed E-state index contributed by atoms with van der Waals surface area (Å²) in [6, 6.07) is 14.3. The van der Waals surface area contributed by atoms with E-state index >= 15 is 0 Å². The highest BCUT2D eigenvalue weighted by Crippen LogP contribution is 2.26. The van der Waals surface area contributed by atoms with E-state index in [9.17, 15) is 14.4 Å².